The summed E-state index contributed by atoms with van der Waals surface area (Å²) in [6.07, 6.45) is 9.35. The van der Waals surface area contributed by atoms with Crippen molar-refractivity contribution in [2.75, 3.05) is 19.0 Å². The Bertz CT molecular complexity index is 2760. The van der Waals surface area contributed by atoms with Crippen molar-refractivity contribution in [3.05, 3.63) is 154 Å². The van der Waals surface area contributed by atoms with Crippen LogP contribution in [0.5, 0.6) is 0 Å². The average molecular weight is 738 g/mol. The smallest absolute Gasteiger partial charge is 0.657 e. The van der Waals surface area contributed by atoms with Gasteiger partial charge >= 0.3 is 16.5 Å². The van der Waals surface area contributed by atoms with E-state index in [2.05, 4.69) is 28.9 Å². The van der Waals surface area contributed by atoms with E-state index >= 15 is 0 Å². The third-order valence-electron chi connectivity index (χ3n) is 9.02. The van der Waals surface area contributed by atoms with Gasteiger partial charge in [0.05, 0.1) is 22.8 Å². The Labute approximate surface area is 323 Å². The van der Waals surface area contributed by atoms with Crippen LogP contribution in [0.1, 0.15) is 39.5 Å². The Morgan fingerprint density at radius 3 is 1.65 bits per heavy atom. The van der Waals surface area contributed by atoms with Gasteiger partial charge in [-0.2, -0.15) is 10.5 Å². The Kier molecular flexibility index (Phi) is 9.93. The molecule has 0 radical (unpaired) electrons. The topological polar surface area (TPSA) is 105 Å². The van der Waals surface area contributed by atoms with Gasteiger partial charge in [-0.1, -0.05) is 96.8 Å². The zero-order chi connectivity index (χ0) is 36.3. The van der Waals surface area contributed by atoms with Gasteiger partial charge in [0, 0.05) is 30.9 Å². The molecule has 2 aliphatic rings. The molecule has 0 saturated heterocycles. The van der Waals surface area contributed by atoms with E-state index in [4.69, 9.17) is 19.9 Å². The average Bonchev–Trinajstić information content (AvgIpc) is 4.03. The van der Waals surface area contributed by atoms with Crippen LogP contribution >= 0.6 is 0 Å². The van der Waals surface area contributed by atoms with Gasteiger partial charge in [0.1, 0.15) is 17.7 Å². The molecule has 7 nitrogen and oxygen atoms in total. The van der Waals surface area contributed by atoms with Crippen molar-refractivity contribution in [2.45, 2.75) is 0 Å². The summed E-state index contributed by atoms with van der Waals surface area (Å²) in [5.74, 6) is 6.81. The van der Waals surface area contributed by atoms with Crippen LogP contribution in [0.15, 0.2) is 115 Å². The van der Waals surface area contributed by atoms with Gasteiger partial charge < -0.3 is 14.9 Å². The first kappa shape index (κ1) is 35.2. The van der Waals surface area contributed by atoms with Gasteiger partial charge in [0.15, 0.2) is 0 Å². The van der Waals surface area contributed by atoms with Crippen LogP contribution in [0.3, 0.4) is 0 Å². The molecule has 3 aromatic heterocycles. The summed E-state index contributed by atoms with van der Waals surface area (Å²) in [6, 6.07) is 39.9. The number of rotatable bonds is 4. The van der Waals surface area contributed by atoms with Crippen LogP contribution in [-0.4, -0.2) is 24.1 Å². The number of hydrogen-bond acceptors (Lipinski definition) is 5. The van der Waals surface area contributed by atoms with Crippen LogP contribution in [0.4, 0.5) is 5.69 Å². The second-order valence-corrected chi connectivity index (χ2v) is 12.6. The molecule has 0 saturated carbocycles. The largest absolute Gasteiger partial charge is 2.00 e. The van der Waals surface area contributed by atoms with E-state index in [1.807, 2.05) is 148 Å². The first-order chi connectivity index (χ1) is 26.0. The molecule has 0 atom stereocenters. The maximum absolute atomic E-state index is 9.76. The van der Waals surface area contributed by atoms with Crippen molar-refractivity contribution in [2.24, 2.45) is 0 Å². The molecule has 8 heteroatoms. The summed E-state index contributed by atoms with van der Waals surface area (Å²) < 4.78 is 0. The Morgan fingerprint density at radius 2 is 1.07 bits per heavy atom. The van der Waals surface area contributed by atoms with Crippen molar-refractivity contribution in [1.29, 1.82) is 10.5 Å². The normalized spacial score (nSPS) is 11.0. The fourth-order valence-electron chi connectivity index (χ4n) is 6.40. The predicted molar refractivity (Wildman–Crippen MR) is 214 cm³/mol. The van der Waals surface area contributed by atoms with Crippen molar-refractivity contribution in [1.82, 2.24) is 19.9 Å². The summed E-state index contributed by atoms with van der Waals surface area (Å²) in [4.78, 5) is 22.6. The molecule has 0 unspecified atom stereocenters. The van der Waals surface area contributed by atoms with Gasteiger partial charge in [-0.3, -0.25) is 0 Å². The van der Waals surface area contributed by atoms with Crippen molar-refractivity contribution in [3.63, 3.8) is 0 Å². The maximum atomic E-state index is 9.76. The summed E-state index contributed by atoms with van der Waals surface area (Å²) in [5.41, 5.74) is 12.1. The number of allylic oxidation sites excluding steroid dienone is 1. The zero-order valence-corrected chi connectivity index (χ0v) is 30.2. The van der Waals surface area contributed by atoms with Gasteiger partial charge in [-0.05, 0) is 82.5 Å². The minimum atomic E-state index is -0.0504. The molecular formula is C46H29N7Ni. The Morgan fingerprint density at radius 1 is 0.574 bits per heavy atom. The van der Waals surface area contributed by atoms with Crippen molar-refractivity contribution in [3.8, 4) is 46.2 Å². The molecule has 8 rings (SSSR count). The molecule has 258 valence electrons. The van der Waals surface area contributed by atoms with E-state index in [1.54, 1.807) is 6.08 Å². The fraction of sp³-hybridized carbons (Fsp3) is 0.0435. The second-order valence-electron chi connectivity index (χ2n) is 12.6. The first-order valence-corrected chi connectivity index (χ1v) is 17.0. The van der Waals surface area contributed by atoms with E-state index in [0.29, 0.717) is 44.8 Å². The first-order valence-electron chi connectivity index (χ1n) is 17.0. The second kappa shape index (κ2) is 15.2. The molecule has 0 fully saturated rings. The Hall–Kier alpha value is -7.17. The molecule has 5 heterocycles. The van der Waals surface area contributed by atoms with Crippen molar-refractivity contribution >= 4 is 58.1 Å². The van der Waals surface area contributed by atoms with E-state index in [0.717, 1.165) is 44.7 Å². The Balaban J connectivity index is 0.00000450. The third kappa shape index (κ3) is 6.89. The summed E-state index contributed by atoms with van der Waals surface area (Å²) >= 11 is 0. The molecule has 0 N–H and O–H groups in total. The number of nitrogens with zero attached hydrogens (tertiary/aromatic N) is 7. The molecule has 0 spiro atoms. The minimum absolute atomic E-state index is 0. The van der Waals surface area contributed by atoms with Crippen molar-refractivity contribution < 1.29 is 16.5 Å². The molecule has 2 aliphatic heterocycles. The monoisotopic (exact) mass is 737 g/mol. The third-order valence-corrected chi connectivity index (χ3v) is 9.02. The SMILES string of the molecule is CN(C)c1ccc(C#Cc2c3nc(c(-c4ccccc4)c4ccc([n-]4)c(C=C(C#N)C#N)c4nc(c(-c5ccccc5)c5ccc2[n-]5)C=C4)C=C3)cc1.[Ni+2]. The van der Waals surface area contributed by atoms with Gasteiger partial charge in [0.2, 0.25) is 0 Å². The van der Waals surface area contributed by atoms with Crippen LogP contribution in [0.25, 0.3) is 74.7 Å². The van der Waals surface area contributed by atoms with Crippen LogP contribution < -0.4 is 14.9 Å². The van der Waals surface area contributed by atoms with Gasteiger partial charge in [-0.25, -0.2) is 9.97 Å². The number of fused-ring (bicyclic) bond motifs is 8. The van der Waals surface area contributed by atoms with E-state index < -0.39 is 0 Å². The molecular weight excluding hydrogens is 709 g/mol. The number of hydrogen-bond donors (Lipinski definition) is 0. The van der Waals surface area contributed by atoms with Gasteiger partial charge in [-0.15, -0.1) is 22.1 Å². The number of anilines is 1. The van der Waals surface area contributed by atoms with Crippen LogP contribution in [0, 0.1) is 34.5 Å². The quantitative estimate of drug-likeness (QED) is 0.101. The minimum Gasteiger partial charge on any atom is -0.657 e. The molecule has 54 heavy (non-hydrogen) atoms. The standard InChI is InChI=1S/C46H29N7.Ni/c1-53(2)34-16-13-30(14-17-34)15-18-35-37-19-23-41(49-37)45(32-9-5-3-6-10-32)43-25-21-39(51-43)36(27-31(28-47)29-48)40-22-26-44(52-40)46(33-11-7-4-8-12-33)42-24-20-38(35)50-42;/h3-14,16-17,19-27H,1-2H3;/q-2;+2. The molecule has 0 aliphatic carbocycles. The van der Waals surface area contributed by atoms with E-state index in [9.17, 15) is 10.5 Å². The maximum Gasteiger partial charge on any atom is 2.00 e. The number of nitriles is 2. The fourth-order valence-corrected chi connectivity index (χ4v) is 6.40. The summed E-state index contributed by atoms with van der Waals surface area (Å²) in [5, 5.41) is 19.5. The molecule has 6 aromatic rings. The summed E-state index contributed by atoms with van der Waals surface area (Å²) in [7, 11) is 4.03. The van der Waals surface area contributed by atoms with E-state index in [1.165, 1.54) is 0 Å². The van der Waals surface area contributed by atoms with Crippen LogP contribution in [0.2, 0.25) is 0 Å². The predicted octanol–water partition coefficient (Wildman–Crippen LogP) is 9.14. The molecule has 8 bridgehead atoms. The number of benzene rings is 3. The van der Waals surface area contributed by atoms with Gasteiger partial charge in [0.25, 0.3) is 0 Å². The van der Waals surface area contributed by atoms with E-state index in [-0.39, 0.29) is 22.1 Å². The molecule has 0 amide bonds. The summed E-state index contributed by atoms with van der Waals surface area (Å²) in [6.45, 7) is 0. The molecule has 3 aromatic carbocycles. The zero-order valence-electron chi connectivity index (χ0n) is 29.2. The number of aromatic nitrogens is 4. The van der Waals surface area contributed by atoms with Crippen LogP contribution in [-0.2, 0) is 16.5 Å².